The van der Waals surface area contributed by atoms with Crippen LogP contribution in [-0.4, -0.2) is 30.0 Å². The van der Waals surface area contributed by atoms with E-state index in [2.05, 4.69) is 15.6 Å². The predicted octanol–water partition coefficient (Wildman–Crippen LogP) is 2.46. The van der Waals surface area contributed by atoms with E-state index in [1.807, 2.05) is 0 Å². The number of ether oxygens (including phenoxy) is 2. The molecule has 2 heterocycles. The zero-order chi connectivity index (χ0) is 17.1. The number of benzene rings is 1. The average Bonchev–Trinajstić information content (AvgIpc) is 3.00. The second-order valence-electron chi connectivity index (χ2n) is 5.00. The zero-order valence-corrected chi connectivity index (χ0v) is 14.3. The summed E-state index contributed by atoms with van der Waals surface area (Å²) in [6.07, 6.45) is 0. The zero-order valence-electron chi connectivity index (χ0n) is 12.7. The lowest BCUT2D eigenvalue weighted by Gasteiger charge is -2.20. The van der Waals surface area contributed by atoms with Gasteiger partial charge in [0, 0.05) is 18.8 Å². The van der Waals surface area contributed by atoms with Gasteiger partial charge in [-0.1, -0.05) is 11.6 Å². The van der Waals surface area contributed by atoms with Gasteiger partial charge >= 0.3 is 0 Å². The van der Waals surface area contributed by atoms with Gasteiger partial charge in [-0.25, -0.2) is 4.98 Å². The van der Waals surface area contributed by atoms with Crippen molar-refractivity contribution < 1.29 is 19.1 Å². The molecule has 1 aromatic heterocycles. The van der Waals surface area contributed by atoms with Gasteiger partial charge in [0.15, 0.2) is 16.6 Å². The molecule has 0 spiro atoms. The lowest BCUT2D eigenvalue weighted by atomic mass is 10.2. The Bertz CT molecular complexity index is 793. The number of anilines is 1. The second kappa shape index (κ2) is 7.06. The Labute approximate surface area is 146 Å². The molecular weight excluding hydrogens is 354 g/mol. The maximum Gasteiger partial charge on any atom is 0.271 e. The minimum atomic E-state index is -0.339. The Morgan fingerprint density at radius 1 is 1.33 bits per heavy atom. The molecule has 1 aromatic carbocycles. The molecule has 1 aliphatic heterocycles. The molecule has 9 heteroatoms. The smallest absolute Gasteiger partial charge is 0.271 e. The minimum absolute atomic E-state index is 0.234. The van der Waals surface area contributed by atoms with E-state index >= 15 is 0 Å². The van der Waals surface area contributed by atoms with Gasteiger partial charge in [-0.15, -0.1) is 11.3 Å². The van der Waals surface area contributed by atoms with Crippen molar-refractivity contribution in [3.63, 3.8) is 0 Å². The number of halogens is 1. The third-order valence-corrected chi connectivity index (χ3v) is 4.17. The van der Waals surface area contributed by atoms with Gasteiger partial charge in [0.05, 0.1) is 5.02 Å². The molecule has 1 aliphatic rings. The molecule has 0 saturated heterocycles. The molecule has 3 rings (SSSR count). The molecule has 2 N–H and O–H groups in total. The maximum absolute atomic E-state index is 12.1. The Hall–Kier alpha value is -2.32. The van der Waals surface area contributed by atoms with Crippen LogP contribution in [0, 0.1) is 0 Å². The summed E-state index contributed by atoms with van der Waals surface area (Å²) in [5.74, 6) is 0.521. The summed E-state index contributed by atoms with van der Waals surface area (Å²) in [5, 5.41) is 7.70. The summed E-state index contributed by atoms with van der Waals surface area (Å²) < 4.78 is 11.0. The van der Waals surface area contributed by atoms with E-state index in [-0.39, 0.29) is 24.1 Å². The monoisotopic (exact) mass is 367 g/mol. The molecule has 0 atom stereocenters. The number of hydrogen-bond acceptors (Lipinski definition) is 6. The fourth-order valence-corrected chi connectivity index (χ4v) is 3.15. The molecule has 0 unspecified atom stereocenters. The van der Waals surface area contributed by atoms with Crippen molar-refractivity contribution in [2.24, 2.45) is 0 Å². The molecule has 24 heavy (non-hydrogen) atoms. The SMILES string of the molecule is CC(=O)Nc1nc(C(=O)NCc2cc(Cl)c3c(c2)OCCO3)cs1. The average molecular weight is 368 g/mol. The first-order valence-electron chi connectivity index (χ1n) is 7.12. The molecule has 126 valence electrons. The van der Waals surface area contributed by atoms with Crippen LogP contribution in [0.25, 0.3) is 0 Å². The van der Waals surface area contributed by atoms with Crippen molar-refractivity contribution in [1.82, 2.24) is 10.3 Å². The summed E-state index contributed by atoms with van der Waals surface area (Å²) in [6.45, 7) is 2.57. The highest BCUT2D eigenvalue weighted by molar-refractivity contribution is 7.14. The van der Waals surface area contributed by atoms with E-state index in [1.54, 1.807) is 17.5 Å². The van der Waals surface area contributed by atoms with Crippen molar-refractivity contribution in [2.45, 2.75) is 13.5 Å². The molecular formula is C15H14ClN3O4S. The van der Waals surface area contributed by atoms with Crippen molar-refractivity contribution in [3.05, 3.63) is 33.8 Å². The van der Waals surface area contributed by atoms with Crippen molar-refractivity contribution in [1.29, 1.82) is 0 Å². The van der Waals surface area contributed by atoms with Crippen LogP contribution in [0.5, 0.6) is 11.5 Å². The first-order chi connectivity index (χ1) is 11.5. The Morgan fingerprint density at radius 2 is 2.12 bits per heavy atom. The number of carbonyl (C=O) groups is 2. The molecule has 7 nitrogen and oxygen atoms in total. The van der Waals surface area contributed by atoms with E-state index in [4.69, 9.17) is 21.1 Å². The van der Waals surface area contributed by atoms with E-state index in [1.165, 1.54) is 18.3 Å². The number of carbonyl (C=O) groups excluding carboxylic acids is 2. The van der Waals surface area contributed by atoms with Crippen LogP contribution in [0.1, 0.15) is 23.0 Å². The van der Waals surface area contributed by atoms with E-state index in [0.29, 0.717) is 34.9 Å². The number of fused-ring (bicyclic) bond motifs is 1. The number of nitrogens with one attached hydrogen (secondary N) is 2. The molecule has 2 aromatic rings. The maximum atomic E-state index is 12.1. The van der Waals surface area contributed by atoms with Gasteiger partial charge in [0.1, 0.15) is 18.9 Å². The highest BCUT2D eigenvalue weighted by Gasteiger charge is 2.17. The van der Waals surface area contributed by atoms with Crippen LogP contribution in [-0.2, 0) is 11.3 Å². The van der Waals surface area contributed by atoms with Gasteiger partial charge in [-0.2, -0.15) is 0 Å². The Morgan fingerprint density at radius 3 is 2.92 bits per heavy atom. The van der Waals surface area contributed by atoms with E-state index in [9.17, 15) is 9.59 Å². The molecule has 0 radical (unpaired) electrons. The summed E-state index contributed by atoms with van der Waals surface area (Å²) in [6, 6.07) is 3.50. The number of aromatic nitrogens is 1. The molecule has 0 saturated carbocycles. The van der Waals surface area contributed by atoms with Crippen molar-refractivity contribution >= 4 is 39.9 Å². The van der Waals surface area contributed by atoms with Gasteiger partial charge in [-0.05, 0) is 17.7 Å². The van der Waals surface area contributed by atoms with Crippen LogP contribution >= 0.6 is 22.9 Å². The van der Waals surface area contributed by atoms with Crippen LogP contribution < -0.4 is 20.1 Å². The van der Waals surface area contributed by atoms with Crippen LogP contribution in [0.15, 0.2) is 17.5 Å². The standard InChI is InChI=1S/C15H14ClN3O4S/c1-8(20)18-15-19-11(7-24-15)14(21)17-6-9-4-10(16)13-12(5-9)22-2-3-23-13/h4-5,7H,2-3,6H2,1H3,(H,17,21)(H,18,19,20). The second-order valence-corrected chi connectivity index (χ2v) is 6.27. The number of amides is 2. The highest BCUT2D eigenvalue weighted by atomic mass is 35.5. The largest absolute Gasteiger partial charge is 0.486 e. The fraction of sp³-hybridized carbons (Fsp3) is 0.267. The van der Waals surface area contributed by atoms with Gasteiger partial charge in [-0.3, -0.25) is 9.59 Å². The Balaban J connectivity index is 1.65. The summed E-state index contributed by atoms with van der Waals surface area (Å²) >= 11 is 7.35. The predicted molar refractivity (Wildman–Crippen MR) is 90.0 cm³/mol. The highest BCUT2D eigenvalue weighted by Crippen LogP contribution is 2.38. The first kappa shape index (κ1) is 16.5. The molecule has 0 fully saturated rings. The third kappa shape index (κ3) is 3.77. The summed E-state index contributed by atoms with van der Waals surface area (Å²) in [7, 11) is 0. The first-order valence-corrected chi connectivity index (χ1v) is 8.38. The van der Waals surface area contributed by atoms with Gasteiger partial charge < -0.3 is 20.1 Å². The lowest BCUT2D eigenvalue weighted by Crippen LogP contribution is -2.23. The van der Waals surface area contributed by atoms with Gasteiger partial charge in [0.25, 0.3) is 5.91 Å². The quantitative estimate of drug-likeness (QED) is 0.866. The third-order valence-electron chi connectivity index (χ3n) is 3.13. The van der Waals surface area contributed by atoms with Crippen LogP contribution in [0.2, 0.25) is 5.02 Å². The van der Waals surface area contributed by atoms with E-state index < -0.39 is 0 Å². The molecule has 0 aliphatic carbocycles. The van der Waals surface area contributed by atoms with Crippen molar-refractivity contribution in [3.8, 4) is 11.5 Å². The van der Waals surface area contributed by atoms with Gasteiger partial charge in [0.2, 0.25) is 5.91 Å². The normalized spacial score (nSPS) is 12.6. The van der Waals surface area contributed by atoms with Crippen LogP contribution in [0.3, 0.4) is 0 Å². The number of hydrogen-bond donors (Lipinski definition) is 2. The number of thiazole rings is 1. The number of nitrogens with zero attached hydrogens (tertiary/aromatic N) is 1. The Kier molecular flexibility index (Phi) is 4.86. The lowest BCUT2D eigenvalue weighted by molar-refractivity contribution is -0.114. The summed E-state index contributed by atoms with van der Waals surface area (Å²) in [5.41, 5.74) is 1.03. The van der Waals surface area contributed by atoms with Crippen molar-refractivity contribution in [2.75, 3.05) is 18.5 Å². The fourth-order valence-electron chi connectivity index (χ4n) is 2.13. The summed E-state index contributed by atoms with van der Waals surface area (Å²) in [4.78, 5) is 27.1. The topological polar surface area (TPSA) is 89.6 Å². The minimum Gasteiger partial charge on any atom is -0.486 e. The van der Waals surface area contributed by atoms with Crippen LogP contribution in [0.4, 0.5) is 5.13 Å². The number of rotatable bonds is 4. The molecule has 2 amide bonds. The van der Waals surface area contributed by atoms with E-state index in [0.717, 1.165) is 5.56 Å². The molecule has 0 bridgehead atoms.